The van der Waals surface area contributed by atoms with E-state index in [0.717, 1.165) is 24.3 Å². The Morgan fingerprint density at radius 2 is 1.89 bits per heavy atom. The first kappa shape index (κ1) is 14.9. The first-order valence-corrected chi connectivity index (χ1v) is 7.58. The highest BCUT2D eigenvalue weighted by Crippen LogP contribution is 2.27. The highest BCUT2D eigenvalue weighted by atomic mass is 32.2. The molecule has 1 saturated heterocycles. The number of nitriles is 1. The fourth-order valence-corrected chi connectivity index (χ4v) is 4.04. The van der Waals surface area contributed by atoms with E-state index in [1.807, 2.05) is 6.07 Å². The molecule has 0 aromatic carbocycles. The predicted octanol–water partition coefficient (Wildman–Crippen LogP) is 0.166. The Morgan fingerprint density at radius 1 is 1.33 bits per heavy atom. The van der Waals surface area contributed by atoms with Crippen molar-refractivity contribution in [1.82, 2.24) is 5.32 Å². The molecule has 1 aliphatic rings. The summed E-state index contributed by atoms with van der Waals surface area (Å²) in [6, 6.07) is 0.696. The number of nitrogens with zero attached hydrogens (tertiary/aromatic N) is 1. The predicted molar refractivity (Wildman–Crippen MR) is 73.4 cm³/mol. The fraction of sp³-hybridized carbons (Fsp3) is 0.667. The van der Waals surface area contributed by atoms with E-state index >= 15 is 0 Å². The second-order valence-corrected chi connectivity index (χ2v) is 6.64. The molecular weight excluding hydrogens is 250 g/mol. The summed E-state index contributed by atoms with van der Waals surface area (Å²) >= 11 is 0. The lowest BCUT2D eigenvalue weighted by Gasteiger charge is -2.15. The summed E-state index contributed by atoms with van der Waals surface area (Å²) in [6.45, 7) is 3.15. The molecule has 3 N–H and O–H groups in total. The minimum atomic E-state index is -0.675. The minimum Gasteiger partial charge on any atom is -0.345 e. The van der Waals surface area contributed by atoms with Crippen molar-refractivity contribution >= 4 is 27.0 Å². The molecule has 1 amide bonds. The zero-order chi connectivity index (χ0) is 13.7. The van der Waals surface area contributed by atoms with Gasteiger partial charge in [0.2, 0.25) is 11.7 Å². The van der Waals surface area contributed by atoms with Crippen LogP contribution < -0.4 is 11.1 Å². The van der Waals surface area contributed by atoms with Crippen LogP contribution in [0.1, 0.15) is 26.7 Å². The zero-order valence-corrected chi connectivity index (χ0v) is 11.5. The van der Waals surface area contributed by atoms with Gasteiger partial charge in [-0.25, -0.2) is 0 Å². The van der Waals surface area contributed by atoms with Crippen molar-refractivity contribution in [3.05, 3.63) is 0 Å². The Morgan fingerprint density at radius 3 is 2.33 bits per heavy atom. The van der Waals surface area contributed by atoms with Gasteiger partial charge in [0, 0.05) is 0 Å². The number of ketones is 1. The van der Waals surface area contributed by atoms with Gasteiger partial charge < -0.3 is 11.1 Å². The van der Waals surface area contributed by atoms with Crippen LogP contribution in [0.25, 0.3) is 0 Å². The second-order valence-electron chi connectivity index (χ2n) is 4.43. The van der Waals surface area contributed by atoms with Crippen molar-refractivity contribution in [2.24, 2.45) is 5.73 Å². The van der Waals surface area contributed by atoms with Gasteiger partial charge in [-0.05, 0) is 38.2 Å². The van der Waals surface area contributed by atoms with Crippen molar-refractivity contribution in [1.29, 1.82) is 5.26 Å². The third-order valence-electron chi connectivity index (χ3n) is 2.81. The molecule has 1 fully saturated rings. The lowest BCUT2D eigenvalue weighted by atomic mass is 10.1. The van der Waals surface area contributed by atoms with E-state index in [0.29, 0.717) is 4.86 Å². The van der Waals surface area contributed by atoms with Crippen molar-refractivity contribution < 1.29 is 9.59 Å². The van der Waals surface area contributed by atoms with Crippen LogP contribution in [-0.4, -0.2) is 40.1 Å². The molecule has 1 heterocycles. The van der Waals surface area contributed by atoms with Gasteiger partial charge in [-0.3, -0.25) is 9.59 Å². The van der Waals surface area contributed by atoms with Gasteiger partial charge in [0.15, 0.2) is 0 Å². The van der Waals surface area contributed by atoms with Crippen LogP contribution in [0.5, 0.6) is 0 Å². The number of carbonyl (C=O) groups excluding carboxylic acids is 2. The summed E-state index contributed by atoms with van der Waals surface area (Å²) in [5.74, 6) is 1.20. The standard InChI is InChI=1S/C12H19N3O2S/c1-8(14)12(17)15-9(2)11(16)10(7-13)18-5-3-4-6-18/h8-9H,3-6,14H2,1-2H3,(H,15,17)/t8-,9-/m0/s1. The normalized spacial score (nSPS) is 18.8. The average molecular weight is 269 g/mol. The van der Waals surface area contributed by atoms with Gasteiger partial charge in [0.25, 0.3) is 0 Å². The largest absolute Gasteiger partial charge is 0.345 e. The highest BCUT2D eigenvalue weighted by molar-refractivity contribution is 8.17. The van der Waals surface area contributed by atoms with Crippen LogP contribution in [0, 0.1) is 11.3 Å². The summed E-state index contributed by atoms with van der Waals surface area (Å²) in [5, 5.41) is 11.6. The van der Waals surface area contributed by atoms with Crippen LogP contribution in [0.15, 0.2) is 0 Å². The van der Waals surface area contributed by atoms with Crippen LogP contribution in [0.3, 0.4) is 0 Å². The van der Waals surface area contributed by atoms with Crippen molar-refractivity contribution in [2.45, 2.75) is 38.8 Å². The third kappa shape index (κ3) is 3.65. The summed E-state index contributed by atoms with van der Waals surface area (Å²) in [6.07, 6.45) is 2.14. The molecule has 0 aliphatic carbocycles. The molecule has 18 heavy (non-hydrogen) atoms. The zero-order valence-electron chi connectivity index (χ0n) is 10.7. The molecule has 1 aliphatic heterocycles. The number of hydrogen-bond donors (Lipinski definition) is 2. The third-order valence-corrected chi connectivity index (χ3v) is 5.24. The monoisotopic (exact) mass is 269 g/mol. The van der Waals surface area contributed by atoms with Gasteiger partial charge in [-0.1, -0.05) is 0 Å². The molecule has 2 atom stereocenters. The van der Waals surface area contributed by atoms with E-state index in [1.165, 1.54) is 0 Å². The maximum Gasteiger partial charge on any atom is 0.237 e. The van der Waals surface area contributed by atoms with Crippen molar-refractivity contribution in [3.8, 4) is 6.07 Å². The number of hydrogen-bond acceptors (Lipinski definition) is 4. The number of nitrogens with one attached hydrogen (secondary N) is 1. The number of amides is 1. The summed E-state index contributed by atoms with van der Waals surface area (Å²) < 4.78 is 0. The molecule has 6 heteroatoms. The summed E-state index contributed by atoms with van der Waals surface area (Å²) in [5.41, 5.74) is 5.42. The van der Waals surface area contributed by atoms with E-state index < -0.39 is 12.1 Å². The first-order chi connectivity index (χ1) is 8.47. The number of carbonyl (C=O) groups is 2. The van der Waals surface area contributed by atoms with E-state index in [1.54, 1.807) is 13.8 Å². The Balaban J connectivity index is 2.77. The molecule has 0 radical (unpaired) electrons. The smallest absolute Gasteiger partial charge is 0.237 e. The number of rotatable bonds is 4. The van der Waals surface area contributed by atoms with E-state index in [4.69, 9.17) is 11.0 Å². The molecule has 0 bridgehead atoms. The molecule has 0 spiro atoms. The van der Waals surface area contributed by atoms with E-state index in [9.17, 15) is 9.59 Å². The molecule has 0 aromatic heterocycles. The molecule has 5 nitrogen and oxygen atoms in total. The van der Waals surface area contributed by atoms with E-state index in [2.05, 4.69) is 5.32 Å². The van der Waals surface area contributed by atoms with Crippen LogP contribution in [0.2, 0.25) is 0 Å². The molecule has 100 valence electrons. The van der Waals surface area contributed by atoms with Crippen molar-refractivity contribution in [2.75, 3.05) is 11.5 Å². The quantitative estimate of drug-likeness (QED) is 0.711. The lowest BCUT2D eigenvalue weighted by molar-refractivity contribution is -0.125. The van der Waals surface area contributed by atoms with Crippen LogP contribution in [-0.2, 0) is 9.59 Å². The Hall–Kier alpha value is -1.19. The Bertz CT molecular complexity index is 416. The van der Waals surface area contributed by atoms with Gasteiger partial charge in [-0.15, -0.1) is 0 Å². The molecule has 0 unspecified atom stereocenters. The Labute approximate surface area is 110 Å². The minimum absolute atomic E-state index is 0.218. The summed E-state index contributed by atoms with van der Waals surface area (Å²) in [4.78, 5) is 23.8. The number of nitrogens with two attached hydrogens (primary N) is 1. The summed E-state index contributed by atoms with van der Waals surface area (Å²) in [7, 11) is -0.218. The Kier molecular flexibility index (Phi) is 5.51. The van der Waals surface area contributed by atoms with Gasteiger partial charge in [0.05, 0.1) is 12.1 Å². The van der Waals surface area contributed by atoms with Crippen LogP contribution >= 0.6 is 10.5 Å². The van der Waals surface area contributed by atoms with Gasteiger partial charge in [-0.2, -0.15) is 15.7 Å². The van der Waals surface area contributed by atoms with Gasteiger partial charge >= 0.3 is 0 Å². The number of Topliss-reactive ketones (excluding diaryl/α,β-unsaturated/α-hetero) is 1. The molecule has 0 aromatic rings. The SMILES string of the molecule is C[C@H](N)C(=O)N[C@@H](C)C(=O)C(C#N)=S1CCCC1. The first-order valence-electron chi connectivity index (χ1n) is 6.02. The lowest BCUT2D eigenvalue weighted by Crippen LogP contribution is -2.47. The maximum atomic E-state index is 12.1. The average Bonchev–Trinajstić information content (AvgIpc) is 2.83. The topological polar surface area (TPSA) is 96.0 Å². The molecule has 0 saturated carbocycles. The second kappa shape index (κ2) is 6.66. The van der Waals surface area contributed by atoms with Gasteiger partial charge in [0.1, 0.15) is 10.9 Å². The maximum absolute atomic E-state index is 12.1. The molecular formula is C12H19N3O2S. The van der Waals surface area contributed by atoms with Crippen LogP contribution in [0.4, 0.5) is 0 Å². The highest BCUT2D eigenvalue weighted by Gasteiger charge is 2.24. The fourth-order valence-electron chi connectivity index (χ4n) is 1.73. The van der Waals surface area contributed by atoms with Crippen molar-refractivity contribution in [3.63, 3.8) is 0 Å². The molecule has 1 rings (SSSR count). The van der Waals surface area contributed by atoms with E-state index in [-0.39, 0.29) is 22.2 Å².